The summed E-state index contributed by atoms with van der Waals surface area (Å²) in [6.07, 6.45) is 6.81. The lowest BCUT2D eigenvalue weighted by atomic mass is 10.2. The summed E-state index contributed by atoms with van der Waals surface area (Å²) in [4.78, 5) is 4.34. The van der Waals surface area contributed by atoms with Crippen molar-refractivity contribution >= 4 is 10.9 Å². The van der Waals surface area contributed by atoms with Crippen LogP contribution in [0, 0.1) is 0 Å². The number of hydrogen-bond acceptors (Lipinski definition) is 3. The fourth-order valence-electron chi connectivity index (χ4n) is 2.20. The molecule has 1 aromatic heterocycles. The van der Waals surface area contributed by atoms with Gasteiger partial charge in [-0.15, -0.1) is 0 Å². The monoisotopic (exact) mass is 256 g/mol. The van der Waals surface area contributed by atoms with Gasteiger partial charge in [-0.05, 0) is 56.5 Å². The molecule has 2 aromatic rings. The Morgan fingerprint density at radius 1 is 1.16 bits per heavy atom. The molecule has 100 valence electrons. The average molecular weight is 256 g/mol. The van der Waals surface area contributed by atoms with Crippen molar-refractivity contribution in [3.05, 3.63) is 36.5 Å². The van der Waals surface area contributed by atoms with E-state index in [1.807, 2.05) is 30.5 Å². The Bertz CT molecular complexity index is 532. The minimum Gasteiger partial charge on any atom is -0.493 e. The molecule has 1 aliphatic rings. The Balaban J connectivity index is 1.47. The number of benzene rings is 1. The van der Waals surface area contributed by atoms with Gasteiger partial charge >= 0.3 is 0 Å². The SMILES string of the molecule is c1cc(OCCCCNC2CC2)c2cccnc2c1. The molecular formula is C16H20N2O. The minimum absolute atomic E-state index is 0.778. The van der Waals surface area contributed by atoms with E-state index in [0.717, 1.165) is 42.3 Å². The van der Waals surface area contributed by atoms with Crippen LogP contribution in [0.4, 0.5) is 0 Å². The normalized spacial score (nSPS) is 14.7. The molecule has 0 unspecified atom stereocenters. The van der Waals surface area contributed by atoms with Gasteiger partial charge in [0.25, 0.3) is 0 Å². The van der Waals surface area contributed by atoms with Crippen molar-refractivity contribution in [2.75, 3.05) is 13.2 Å². The standard InChI is InChI=1S/C16H20N2O/c1(10-17-13-8-9-13)2-12-19-16-7-3-6-15-14(16)5-4-11-18-15/h3-7,11,13,17H,1-2,8-10,12H2. The van der Waals surface area contributed by atoms with Crippen LogP contribution in [-0.2, 0) is 0 Å². The van der Waals surface area contributed by atoms with Gasteiger partial charge in [0.15, 0.2) is 0 Å². The molecule has 3 rings (SSSR count). The first-order valence-electron chi connectivity index (χ1n) is 7.13. The lowest BCUT2D eigenvalue weighted by Gasteiger charge is -2.09. The first-order chi connectivity index (χ1) is 9.43. The van der Waals surface area contributed by atoms with Crippen LogP contribution in [0.2, 0.25) is 0 Å². The van der Waals surface area contributed by atoms with Crippen LogP contribution in [0.15, 0.2) is 36.5 Å². The number of pyridine rings is 1. The molecule has 0 aliphatic heterocycles. The van der Waals surface area contributed by atoms with Crippen LogP contribution in [0.5, 0.6) is 5.75 Å². The molecule has 1 N–H and O–H groups in total. The molecule has 19 heavy (non-hydrogen) atoms. The van der Waals surface area contributed by atoms with E-state index in [1.54, 1.807) is 0 Å². The average Bonchev–Trinajstić information content (AvgIpc) is 3.27. The molecule has 1 heterocycles. The number of ether oxygens (including phenoxy) is 1. The van der Waals surface area contributed by atoms with Gasteiger partial charge in [-0.1, -0.05) is 6.07 Å². The van der Waals surface area contributed by atoms with E-state index >= 15 is 0 Å². The first-order valence-corrected chi connectivity index (χ1v) is 7.13. The van der Waals surface area contributed by atoms with E-state index < -0.39 is 0 Å². The van der Waals surface area contributed by atoms with Crippen molar-refractivity contribution in [2.45, 2.75) is 31.7 Å². The molecule has 3 heteroatoms. The van der Waals surface area contributed by atoms with Gasteiger partial charge in [-0.3, -0.25) is 4.98 Å². The largest absolute Gasteiger partial charge is 0.493 e. The summed E-state index contributed by atoms with van der Waals surface area (Å²) in [7, 11) is 0. The second-order valence-corrected chi connectivity index (χ2v) is 5.11. The van der Waals surface area contributed by atoms with E-state index in [0.29, 0.717) is 0 Å². The molecule has 0 amide bonds. The molecule has 1 aliphatic carbocycles. The van der Waals surface area contributed by atoms with Crippen molar-refractivity contribution in [1.82, 2.24) is 10.3 Å². The molecule has 3 nitrogen and oxygen atoms in total. The zero-order valence-electron chi connectivity index (χ0n) is 11.1. The van der Waals surface area contributed by atoms with Crippen LogP contribution < -0.4 is 10.1 Å². The number of aromatic nitrogens is 1. The van der Waals surface area contributed by atoms with E-state index in [4.69, 9.17) is 4.74 Å². The van der Waals surface area contributed by atoms with Gasteiger partial charge in [0.1, 0.15) is 5.75 Å². The Hall–Kier alpha value is -1.61. The molecule has 1 fully saturated rings. The van der Waals surface area contributed by atoms with Crippen molar-refractivity contribution in [3.63, 3.8) is 0 Å². The van der Waals surface area contributed by atoms with Gasteiger partial charge in [0, 0.05) is 17.6 Å². The predicted molar refractivity (Wildman–Crippen MR) is 77.5 cm³/mol. The quantitative estimate of drug-likeness (QED) is 0.773. The summed E-state index contributed by atoms with van der Waals surface area (Å²) in [5.41, 5.74) is 0.996. The Kier molecular flexibility index (Phi) is 3.94. The van der Waals surface area contributed by atoms with Gasteiger partial charge in [0.2, 0.25) is 0 Å². The predicted octanol–water partition coefficient (Wildman–Crippen LogP) is 3.15. The maximum atomic E-state index is 5.87. The van der Waals surface area contributed by atoms with E-state index in [2.05, 4.69) is 16.4 Å². The van der Waals surface area contributed by atoms with E-state index in [-0.39, 0.29) is 0 Å². The molecule has 1 saturated carbocycles. The number of hydrogen-bond donors (Lipinski definition) is 1. The van der Waals surface area contributed by atoms with Crippen molar-refractivity contribution in [1.29, 1.82) is 0 Å². The number of rotatable bonds is 7. The summed E-state index contributed by atoms with van der Waals surface area (Å²) >= 11 is 0. The highest BCUT2D eigenvalue weighted by Crippen LogP contribution is 2.23. The van der Waals surface area contributed by atoms with Gasteiger partial charge < -0.3 is 10.1 Å². The summed E-state index contributed by atoms with van der Waals surface area (Å²) in [5.74, 6) is 0.945. The second kappa shape index (κ2) is 6.02. The van der Waals surface area contributed by atoms with Gasteiger partial charge in [-0.25, -0.2) is 0 Å². The van der Waals surface area contributed by atoms with Crippen LogP contribution in [-0.4, -0.2) is 24.2 Å². The smallest absolute Gasteiger partial charge is 0.128 e. The lowest BCUT2D eigenvalue weighted by molar-refractivity contribution is 0.309. The Morgan fingerprint density at radius 2 is 2.11 bits per heavy atom. The molecular weight excluding hydrogens is 236 g/mol. The molecule has 0 saturated heterocycles. The maximum absolute atomic E-state index is 5.87. The van der Waals surface area contributed by atoms with Crippen LogP contribution in [0.1, 0.15) is 25.7 Å². The number of nitrogens with zero attached hydrogens (tertiary/aromatic N) is 1. The fraction of sp³-hybridized carbons (Fsp3) is 0.438. The van der Waals surface area contributed by atoms with E-state index in [9.17, 15) is 0 Å². The summed E-state index contributed by atoms with van der Waals surface area (Å²) < 4.78 is 5.87. The summed E-state index contributed by atoms with van der Waals surface area (Å²) in [5, 5.41) is 4.62. The number of nitrogens with one attached hydrogen (secondary N) is 1. The van der Waals surface area contributed by atoms with Crippen molar-refractivity contribution in [3.8, 4) is 5.75 Å². The Morgan fingerprint density at radius 3 is 3.00 bits per heavy atom. The first kappa shape index (κ1) is 12.4. The zero-order chi connectivity index (χ0) is 12.9. The van der Waals surface area contributed by atoms with Gasteiger partial charge in [0.05, 0.1) is 12.1 Å². The molecule has 0 radical (unpaired) electrons. The van der Waals surface area contributed by atoms with Crippen LogP contribution in [0.3, 0.4) is 0 Å². The second-order valence-electron chi connectivity index (χ2n) is 5.11. The fourth-order valence-corrected chi connectivity index (χ4v) is 2.20. The minimum atomic E-state index is 0.778. The van der Waals surface area contributed by atoms with Crippen LogP contribution in [0.25, 0.3) is 10.9 Å². The van der Waals surface area contributed by atoms with Gasteiger partial charge in [-0.2, -0.15) is 0 Å². The highest BCUT2D eigenvalue weighted by molar-refractivity contribution is 5.84. The highest BCUT2D eigenvalue weighted by atomic mass is 16.5. The van der Waals surface area contributed by atoms with Crippen LogP contribution >= 0.6 is 0 Å². The van der Waals surface area contributed by atoms with Crippen molar-refractivity contribution < 1.29 is 4.74 Å². The molecule has 1 aromatic carbocycles. The summed E-state index contributed by atoms with van der Waals surface area (Å²) in [6, 6.07) is 10.9. The third kappa shape index (κ3) is 3.44. The maximum Gasteiger partial charge on any atom is 0.128 e. The third-order valence-electron chi connectivity index (χ3n) is 3.44. The van der Waals surface area contributed by atoms with Crippen molar-refractivity contribution in [2.24, 2.45) is 0 Å². The number of fused-ring (bicyclic) bond motifs is 1. The molecule has 0 spiro atoms. The topological polar surface area (TPSA) is 34.1 Å². The summed E-state index contributed by atoms with van der Waals surface area (Å²) in [6.45, 7) is 1.89. The Labute approximate surface area is 114 Å². The zero-order valence-corrected chi connectivity index (χ0v) is 11.1. The number of unbranched alkanes of at least 4 members (excludes halogenated alkanes) is 1. The third-order valence-corrected chi connectivity index (χ3v) is 3.44. The molecule has 0 bridgehead atoms. The van der Waals surface area contributed by atoms with E-state index in [1.165, 1.54) is 19.3 Å². The lowest BCUT2D eigenvalue weighted by Crippen LogP contribution is -2.17. The molecule has 0 atom stereocenters. The highest BCUT2D eigenvalue weighted by Gasteiger charge is 2.19.